The van der Waals surface area contributed by atoms with Crippen molar-refractivity contribution in [1.29, 1.82) is 0 Å². The zero-order chi connectivity index (χ0) is 11.8. The van der Waals surface area contributed by atoms with Crippen LogP contribution in [0.3, 0.4) is 0 Å². The summed E-state index contributed by atoms with van der Waals surface area (Å²) in [6.07, 6.45) is 3.52. The van der Waals surface area contributed by atoms with Gasteiger partial charge in [-0.2, -0.15) is 0 Å². The van der Waals surface area contributed by atoms with Crippen molar-refractivity contribution in [2.75, 3.05) is 0 Å². The molecule has 2 saturated carbocycles. The van der Waals surface area contributed by atoms with Crippen LogP contribution in [0.15, 0.2) is 42.5 Å². The third kappa shape index (κ3) is 1.78. The van der Waals surface area contributed by atoms with Gasteiger partial charge in [0.05, 0.1) is 5.56 Å². The predicted octanol–water partition coefficient (Wildman–Crippen LogP) is 3.20. The van der Waals surface area contributed by atoms with Gasteiger partial charge in [0.2, 0.25) is 0 Å². The van der Waals surface area contributed by atoms with Gasteiger partial charge in [-0.15, -0.1) is 0 Å². The molecule has 2 aliphatic carbocycles. The van der Waals surface area contributed by atoms with Crippen LogP contribution in [0.5, 0.6) is 0 Å². The fourth-order valence-electron chi connectivity index (χ4n) is 3.09. The summed E-state index contributed by atoms with van der Waals surface area (Å²) >= 11 is 0. The van der Waals surface area contributed by atoms with E-state index in [1.54, 1.807) is 12.1 Å². The van der Waals surface area contributed by atoms with E-state index in [4.69, 9.17) is 4.74 Å². The molecule has 3 atom stereocenters. The number of esters is 1. The van der Waals surface area contributed by atoms with E-state index in [2.05, 4.69) is 6.58 Å². The zero-order valence-corrected chi connectivity index (χ0v) is 9.76. The second kappa shape index (κ2) is 4.02. The van der Waals surface area contributed by atoms with Crippen molar-refractivity contribution in [3.63, 3.8) is 0 Å². The van der Waals surface area contributed by atoms with E-state index in [1.807, 2.05) is 18.2 Å². The van der Waals surface area contributed by atoms with Crippen LogP contribution in [0, 0.1) is 11.8 Å². The Labute approximate surface area is 101 Å². The molecule has 2 bridgehead atoms. The summed E-state index contributed by atoms with van der Waals surface area (Å²) in [6, 6.07) is 9.18. The van der Waals surface area contributed by atoms with Gasteiger partial charge in [-0.05, 0) is 42.9 Å². The first-order valence-electron chi connectivity index (χ1n) is 6.20. The average Bonchev–Trinajstić information content (AvgIpc) is 2.94. The van der Waals surface area contributed by atoms with E-state index in [-0.39, 0.29) is 12.1 Å². The van der Waals surface area contributed by atoms with E-state index in [0.29, 0.717) is 17.4 Å². The second-order valence-corrected chi connectivity index (χ2v) is 5.04. The first-order chi connectivity index (χ1) is 8.25. The Morgan fingerprint density at radius 3 is 2.65 bits per heavy atom. The molecule has 3 rings (SSSR count). The lowest BCUT2D eigenvalue weighted by Crippen LogP contribution is -2.25. The molecule has 0 aromatic heterocycles. The minimum Gasteiger partial charge on any atom is -0.454 e. The number of rotatable bonds is 2. The first kappa shape index (κ1) is 10.6. The summed E-state index contributed by atoms with van der Waals surface area (Å²) in [5.74, 6) is 0.887. The van der Waals surface area contributed by atoms with Crippen molar-refractivity contribution in [1.82, 2.24) is 0 Å². The Kier molecular flexibility index (Phi) is 2.50. The molecule has 2 fully saturated rings. The average molecular weight is 228 g/mol. The second-order valence-electron chi connectivity index (χ2n) is 5.04. The Morgan fingerprint density at radius 2 is 2.00 bits per heavy atom. The van der Waals surface area contributed by atoms with Gasteiger partial charge in [-0.25, -0.2) is 4.79 Å². The van der Waals surface area contributed by atoms with Gasteiger partial charge in [-0.1, -0.05) is 24.8 Å². The van der Waals surface area contributed by atoms with Crippen LogP contribution in [0.1, 0.15) is 29.6 Å². The minimum absolute atomic E-state index is 0.0403. The maximum absolute atomic E-state index is 12.0. The van der Waals surface area contributed by atoms with Crippen molar-refractivity contribution in [2.45, 2.75) is 25.4 Å². The van der Waals surface area contributed by atoms with Crippen molar-refractivity contribution >= 4 is 5.97 Å². The predicted molar refractivity (Wildman–Crippen MR) is 65.6 cm³/mol. The number of benzene rings is 1. The zero-order valence-electron chi connectivity index (χ0n) is 9.76. The summed E-state index contributed by atoms with van der Waals surface area (Å²) in [5.41, 5.74) is 1.76. The fourth-order valence-corrected chi connectivity index (χ4v) is 3.09. The van der Waals surface area contributed by atoms with Gasteiger partial charge in [-0.3, -0.25) is 0 Å². The molecule has 0 N–H and O–H groups in total. The number of ether oxygens (including phenoxy) is 1. The summed E-state index contributed by atoms with van der Waals surface area (Å²) < 4.78 is 5.61. The lowest BCUT2D eigenvalue weighted by atomic mass is 9.93. The van der Waals surface area contributed by atoms with Gasteiger partial charge in [0.15, 0.2) is 0 Å². The molecule has 2 aliphatic rings. The highest BCUT2D eigenvalue weighted by Crippen LogP contribution is 2.48. The molecule has 2 heteroatoms. The van der Waals surface area contributed by atoms with E-state index in [1.165, 1.54) is 12.8 Å². The first-order valence-corrected chi connectivity index (χ1v) is 6.20. The molecule has 1 aromatic carbocycles. The summed E-state index contributed by atoms with van der Waals surface area (Å²) in [5, 5.41) is 0. The normalized spacial score (nSPS) is 30.6. The summed E-state index contributed by atoms with van der Waals surface area (Å²) in [7, 11) is 0. The number of fused-ring (bicyclic) bond motifs is 2. The molecule has 17 heavy (non-hydrogen) atoms. The lowest BCUT2D eigenvalue weighted by Gasteiger charge is -2.24. The molecule has 1 aromatic rings. The van der Waals surface area contributed by atoms with E-state index < -0.39 is 0 Å². The molecule has 0 saturated heterocycles. The molecular formula is C15H16O2. The van der Waals surface area contributed by atoms with Crippen LogP contribution in [0.2, 0.25) is 0 Å². The highest BCUT2D eigenvalue weighted by molar-refractivity contribution is 5.89. The van der Waals surface area contributed by atoms with Crippen molar-refractivity contribution < 1.29 is 9.53 Å². The van der Waals surface area contributed by atoms with Gasteiger partial charge < -0.3 is 4.74 Å². The van der Waals surface area contributed by atoms with Crippen LogP contribution in [-0.4, -0.2) is 12.1 Å². The molecule has 0 aliphatic heterocycles. The Hall–Kier alpha value is -1.57. The van der Waals surface area contributed by atoms with Crippen LogP contribution >= 0.6 is 0 Å². The highest BCUT2D eigenvalue weighted by atomic mass is 16.5. The van der Waals surface area contributed by atoms with E-state index >= 15 is 0 Å². The molecule has 0 amide bonds. The number of hydrogen-bond acceptors (Lipinski definition) is 2. The fraction of sp³-hybridized carbons (Fsp3) is 0.400. The van der Waals surface area contributed by atoms with Crippen LogP contribution in [0.25, 0.3) is 0 Å². The maximum atomic E-state index is 12.0. The monoisotopic (exact) mass is 228 g/mol. The molecule has 2 nitrogen and oxygen atoms in total. The van der Waals surface area contributed by atoms with Crippen LogP contribution < -0.4 is 0 Å². The molecular weight excluding hydrogens is 212 g/mol. The molecule has 88 valence electrons. The summed E-state index contributed by atoms with van der Waals surface area (Å²) in [4.78, 5) is 12.0. The summed E-state index contributed by atoms with van der Waals surface area (Å²) in [6.45, 7) is 4.09. The maximum Gasteiger partial charge on any atom is 0.338 e. The number of carbonyl (C=O) groups excluding carboxylic acids is 1. The minimum atomic E-state index is -0.218. The highest BCUT2D eigenvalue weighted by Gasteiger charge is 2.44. The molecule has 0 radical (unpaired) electrons. The lowest BCUT2D eigenvalue weighted by molar-refractivity contribution is 0.0274. The largest absolute Gasteiger partial charge is 0.454 e. The molecule has 0 spiro atoms. The third-order valence-electron chi connectivity index (χ3n) is 4.03. The van der Waals surface area contributed by atoms with Gasteiger partial charge in [0.25, 0.3) is 0 Å². The third-order valence-corrected chi connectivity index (χ3v) is 4.03. The van der Waals surface area contributed by atoms with Gasteiger partial charge >= 0.3 is 5.97 Å². The van der Waals surface area contributed by atoms with Crippen LogP contribution in [0.4, 0.5) is 0 Å². The van der Waals surface area contributed by atoms with Crippen molar-refractivity contribution in [2.24, 2.45) is 11.8 Å². The SMILES string of the molecule is C=C1[C@H]2CC[C@H](C2)[C@@H]1OC(=O)c1ccccc1. The topological polar surface area (TPSA) is 26.3 Å². The van der Waals surface area contributed by atoms with Crippen LogP contribution in [-0.2, 0) is 4.74 Å². The Balaban J connectivity index is 1.72. The number of carbonyl (C=O) groups is 1. The Bertz CT molecular complexity index is 449. The van der Waals surface area contributed by atoms with E-state index in [9.17, 15) is 4.79 Å². The molecule has 0 heterocycles. The number of hydrogen-bond donors (Lipinski definition) is 0. The smallest absolute Gasteiger partial charge is 0.338 e. The van der Waals surface area contributed by atoms with Gasteiger partial charge in [0.1, 0.15) is 6.10 Å². The Morgan fingerprint density at radius 1 is 1.24 bits per heavy atom. The van der Waals surface area contributed by atoms with E-state index in [0.717, 1.165) is 12.0 Å². The van der Waals surface area contributed by atoms with Crippen molar-refractivity contribution in [3.05, 3.63) is 48.0 Å². The molecule has 0 unspecified atom stereocenters. The van der Waals surface area contributed by atoms with Crippen molar-refractivity contribution in [3.8, 4) is 0 Å². The standard InChI is InChI=1S/C15H16O2/c1-10-12-7-8-13(9-12)14(10)17-15(16)11-5-3-2-4-6-11/h2-6,12-14H,1,7-9H2/t12-,13+,14+/m0/s1. The quantitative estimate of drug-likeness (QED) is 0.574. The van der Waals surface area contributed by atoms with Gasteiger partial charge in [0, 0.05) is 5.92 Å².